The molecule has 2 heterocycles. The number of hydrogen-bond donors (Lipinski definition) is 1. The van der Waals surface area contributed by atoms with Gasteiger partial charge in [-0.3, -0.25) is 9.69 Å². The van der Waals surface area contributed by atoms with Gasteiger partial charge in [0.15, 0.2) is 0 Å². The second-order valence-corrected chi connectivity index (χ2v) is 9.08. The molecule has 0 radical (unpaired) electrons. The fourth-order valence-electron chi connectivity index (χ4n) is 4.53. The maximum absolute atomic E-state index is 13.1. The SMILES string of the molecule is COc1ccc([C@@H](C)NC(=O)c2cc(N3C[C@H]4C[C@@H]3CN4C)ccc2C)cc1Br. The molecule has 4 rings (SSSR count). The normalized spacial score (nSPS) is 22.0. The van der Waals surface area contributed by atoms with Gasteiger partial charge in [-0.05, 0) is 78.6 Å². The Bertz CT molecular complexity index is 930. The third kappa shape index (κ3) is 3.88. The number of aryl methyl sites for hydroxylation is 1. The number of nitrogens with zero attached hydrogens (tertiary/aromatic N) is 2. The number of carbonyl (C=O) groups excluding carboxylic acids is 1. The van der Waals surface area contributed by atoms with Gasteiger partial charge in [0.25, 0.3) is 5.91 Å². The van der Waals surface area contributed by atoms with E-state index < -0.39 is 0 Å². The first-order valence-electron chi connectivity index (χ1n) is 10.1. The maximum Gasteiger partial charge on any atom is 0.252 e. The Morgan fingerprint density at radius 2 is 2.00 bits per heavy atom. The molecule has 1 N–H and O–H groups in total. The minimum atomic E-state index is -0.107. The Morgan fingerprint density at radius 3 is 2.62 bits per heavy atom. The summed E-state index contributed by atoms with van der Waals surface area (Å²) in [7, 11) is 3.85. The number of ether oxygens (including phenoxy) is 1. The molecule has 0 aromatic heterocycles. The van der Waals surface area contributed by atoms with Crippen LogP contribution in [0.5, 0.6) is 5.75 Å². The summed E-state index contributed by atoms with van der Waals surface area (Å²) in [6.07, 6.45) is 1.22. The summed E-state index contributed by atoms with van der Waals surface area (Å²) in [5, 5.41) is 3.15. The van der Waals surface area contributed by atoms with Gasteiger partial charge < -0.3 is 15.0 Å². The Balaban J connectivity index is 1.50. The molecule has 2 aromatic rings. The predicted molar refractivity (Wildman–Crippen MR) is 120 cm³/mol. The van der Waals surface area contributed by atoms with Gasteiger partial charge in [0.1, 0.15) is 5.75 Å². The molecule has 5 nitrogen and oxygen atoms in total. The van der Waals surface area contributed by atoms with E-state index in [9.17, 15) is 4.79 Å². The highest BCUT2D eigenvalue weighted by Crippen LogP contribution is 2.34. The lowest BCUT2D eigenvalue weighted by Crippen LogP contribution is -2.44. The number of piperazine rings is 1. The molecule has 3 atom stereocenters. The number of amides is 1. The predicted octanol–water partition coefficient (Wildman–Crippen LogP) is 4.15. The number of rotatable bonds is 5. The lowest BCUT2D eigenvalue weighted by atomic mass is 10.0. The molecule has 2 aliphatic rings. The Morgan fingerprint density at radius 1 is 1.21 bits per heavy atom. The van der Waals surface area contributed by atoms with Crippen molar-refractivity contribution < 1.29 is 9.53 Å². The first-order valence-corrected chi connectivity index (χ1v) is 10.9. The fourth-order valence-corrected chi connectivity index (χ4v) is 5.08. The second kappa shape index (κ2) is 8.00. The quantitative estimate of drug-likeness (QED) is 0.732. The van der Waals surface area contributed by atoms with Crippen molar-refractivity contribution in [3.63, 3.8) is 0 Å². The summed E-state index contributed by atoms with van der Waals surface area (Å²) in [5.74, 6) is 0.742. The average molecular weight is 458 g/mol. The van der Waals surface area contributed by atoms with Crippen LogP contribution in [-0.4, -0.2) is 50.1 Å². The molecule has 2 fully saturated rings. The first-order chi connectivity index (χ1) is 13.9. The molecule has 0 unspecified atom stereocenters. The van der Waals surface area contributed by atoms with E-state index in [0.717, 1.165) is 45.7 Å². The Hall–Kier alpha value is -2.05. The summed E-state index contributed by atoms with van der Waals surface area (Å²) >= 11 is 3.52. The third-order valence-electron chi connectivity index (χ3n) is 6.34. The smallest absolute Gasteiger partial charge is 0.252 e. The molecule has 2 aromatic carbocycles. The molecule has 154 valence electrons. The highest BCUT2D eigenvalue weighted by atomic mass is 79.9. The van der Waals surface area contributed by atoms with Crippen LogP contribution in [0.3, 0.4) is 0 Å². The van der Waals surface area contributed by atoms with E-state index in [1.807, 2.05) is 32.0 Å². The van der Waals surface area contributed by atoms with Crippen LogP contribution in [0, 0.1) is 6.92 Å². The van der Waals surface area contributed by atoms with Gasteiger partial charge in [0.05, 0.1) is 17.6 Å². The molecule has 29 heavy (non-hydrogen) atoms. The zero-order valence-corrected chi connectivity index (χ0v) is 19.0. The highest BCUT2D eigenvalue weighted by Gasteiger charge is 2.41. The number of benzene rings is 2. The van der Waals surface area contributed by atoms with Crippen LogP contribution >= 0.6 is 15.9 Å². The number of anilines is 1. The van der Waals surface area contributed by atoms with Crippen LogP contribution in [0.1, 0.15) is 40.9 Å². The van der Waals surface area contributed by atoms with E-state index in [1.54, 1.807) is 7.11 Å². The van der Waals surface area contributed by atoms with Crippen molar-refractivity contribution in [1.29, 1.82) is 0 Å². The van der Waals surface area contributed by atoms with Crippen molar-refractivity contribution >= 4 is 27.5 Å². The van der Waals surface area contributed by atoms with E-state index in [-0.39, 0.29) is 11.9 Å². The molecule has 1 amide bonds. The number of carbonyl (C=O) groups is 1. The summed E-state index contributed by atoms with van der Waals surface area (Å²) in [6, 6.07) is 13.2. The number of likely N-dealkylation sites (tertiary alicyclic amines) is 1. The van der Waals surface area contributed by atoms with Crippen molar-refractivity contribution in [1.82, 2.24) is 10.2 Å². The average Bonchev–Trinajstić information content (AvgIpc) is 3.27. The van der Waals surface area contributed by atoms with Gasteiger partial charge in [-0.25, -0.2) is 0 Å². The molecule has 2 bridgehead atoms. The standard InChI is InChI=1S/C23H28BrN3O2/c1-14-5-7-17(27-13-18-10-19(27)12-26(18)3)11-20(14)23(28)25-15(2)16-6-8-22(29-4)21(24)9-16/h5-9,11,15,18-19H,10,12-13H2,1-4H3,(H,25,28)/t15-,18-,19-/m1/s1. The number of halogens is 1. The van der Waals surface area contributed by atoms with Crippen molar-refractivity contribution in [2.45, 2.75) is 38.4 Å². The van der Waals surface area contributed by atoms with Gasteiger partial charge in [0.2, 0.25) is 0 Å². The molecule has 2 saturated heterocycles. The van der Waals surface area contributed by atoms with Crippen molar-refractivity contribution in [2.24, 2.45) is 0 Å². The van der Waals surface area contributed by atoms with Crippen LogP contribution in [0.15, 0.2) is 40.9 Å². The highest BCUT2D eigenvalue weighted by molar-refractivity contribution is 9.10. The van der Waals surface area contributed by atoms with Crippen molar-refractivity contribution in [2.75, 3.05) is 32.1 Å². The number of nitrogens with one attached hydrogen (secondary N) is 1. The number of likely N-dealkylation sites (N-methyl/N-ethyl adjacent to an activating group) is 1. The fraction of sp³-hybridized carbons (Fsp3) is 0.435. The minimum Gasteiger partial charge on any atom is -0.496 e. The molecule has 6 heteroatoms. The second-order valence-electron chi connectivity index (χ2n) is 8.22. The summed E-state index contributed by atoms with van der Waals surface area (Å²) in [5.41, 5.74) is 3.93. The number of hydrogen-bond acceptors (Lipinski definition) is 4. The van der Waals surface area contributed by atoms with Gasteiger partial charge >= 0.3 is 0 Å². The Kier molecular flexibility index (Phi) is 5.58. The lowest BCUT2D eigenvalue weighted by Gasteiger charge is -2.34. The molecule has 0 aliphatic carbocycles. The third-order valence-corrected chi connectivity index (χ3v) is 6.96. The summed E-state index contributed by atoms with van der Waals surface area (Å²) in [4.78, 5) is 18.0. The van der Waals surface area contributed by atoms with Crippen LogP contribution in [-0.2, 0) is 0 Å². The van der Waals surface area contributed by atoms with Crippen LogP contribution in [0.4, 0.5) is 5.69 Å². The molecule has 0 spiro atoms. The minimum absolute atomic E-state index is 0.0368. The molecule has 0 saturated carbocycles. The Labute approximate surface area is 181 Å². The topological polar surface area (TPSA) is 44.8 Å². The van der Waals surface area contributed by atoms with E-state index in [0.29, 0.717) is 12.1 Å². The number of fused-ring (bicyclic) bond motifs is 2. The van der Waals surface area contributed by atoms with Crippen LogP contribution in [0.2, 0.25) is 0 Å². The van der Waals surface area contributed by atoms with Gasteiger partial charge in [-0.1, -0.05) is 12.1 Å². The largest absolute Gasteiger partial charge is 0.496 e. The molecular formula is C23H28BrN3O2. The van der Waals surface area contributed by atoms with Crippen molar-refractivity contribution in [3.05, 3.63) is 57.6 Å². The van der Waals surface area contributed by atoms with Crippen molar-refractivity contribution in [3.8, 4) is 5.75 Å². The van der Waals surface area contributed by atoms with E-state index in [1.165, 1.54) is 6.42 Å². The maximum atomic E-state index is 13.1. The zero-order valence-electron chi connectivity index (χ0n) is 17.4. The number of methoxy groups -OCH3 is 1. The monoisotopic (exact) mass is 457 g/mol. The van der Waals surface area contributed by atoms with E-state index >= 15 is 0 Å². The van der Waals surface area contributed by atoms with Gasteiger partial charge in [-0.2, -0.15) is 0 Å². The van der Waals surface area contributed by atoms with Crippen LogP contribution in [0.25, 0.3) is 0 Å². The summed E-state index contributed by atoms with van der Waals surface area (Å²) in [6.45, 7) is 6.14. The zero-order chi connectivity index (χ0) is 20.7. The van der Waals surface area contributed by atoms with Gasteiger partial charge in [0, 0.05) is 36.4 Å². The first kappa shape index (κ1) is 20.2. The van der Waals surface area contributed by atoms with E-state index in [4.69, 9.17) is 4.74 Å². The summed E-state index contributed by atoms with van der Waals surface area (Å²) < 4.78 is 6.17. The van der Waals surface area contributed by atoms with E-state index in [2.05, 4.69) is 56.3 Å². The van der Waals surface area contributed by atoms with Gasteiger partial charge in [-0.15, -0.1) is 0 Å². The molecular weight excluding hydrogens is 430 g/mol. The lowest BCUT2D eigenvalue weighted by molar-refractivity contribution is 0.0939. The molecule has 2 aliphatic heterocycles. The van der Waals surface area contributed by atoms with Crippen LogP contribution < -0.4 is 15.0 Å².